The van der Waals surface area contributed by atoms with Crippen LogP contribution in [0.3, 0.4) is 0 Å². The van der Waals surface area contributed by atoms with E-state index in [1.807, 2.05) is 11.9 Å². The average molecular weight is 239 g/mol. The third kappa shape index (κ3) is 3.06. The second kappa shape index (κ2) is 5.63. The Bertz CT molecular complexity index is 287. The molecule has 0 spiro atoms. The number of likely N-dealkylation sites (N-methyl/N-ethyl adjacent to an activating group) is 1. The van der Waals surface area contributed by atoms with Crippen LogP contribution in [0.2, 0.25) is 0 Å². The van der Waals surface area contributed by atoms with Crippen LogP contribution >= 0.6 is 0 Å². The molecule has 17 heavy (non-hydrogen) atoms. The average Bonchev–Trinajstić information content (AvgIpc) is 2.39. The molecule has 96 valence electrons. The number of carbonyl (C=O) groups is 2. The van der Waals surface area contributed by atoms with E-state index in [1.54, 1.807) is 0 Å². The summed E-state index contributed by atoms with van der Waals surface area (Å²) in [7, 11) is 1.85. The summed E-state index contributed by atoms with van der Waals surface area (Å²) >= 11 is 0. The molecule has 1 saturated heterocycles. The number of amides is 1. The van der Waals surface area contributed by atoms with Crippen molar-refractivity contribution < 1.29 is 14.3 Å². The monoisotopic (exact) mass is 239 g/mol. The lowest BCUT2D eigenvalue weighted by molar-refractivity contribution is -0.148. The molecular weight excluding hydrogens is 218 g/mol. The van der Waals surface area contributed by atoms with Crippen LogP contribution < -0.4 is 0 Å². The van der Waals surface area contributed by atoms with Gasteiger partial charge in [0.15, 0.2) is 0 Å². The number of hydrogen-bond donors (Lipinski definition) is 0. The Morgan fingerprint density at radius 2 is 1.94 bits per heavy atom. The molecule has 2 aliphatic rings. The predicted octanol–water partition coefficient (Wildman–Crippen LogP) is 1.53. The Kier molecular flexibility index (Phi) is 4.15. The molecule has 0 aromatic rings. The number of nitrogens with zero attached hydrogens (tertiary/aromatic N) is 1. The van der Waals surface area contributed by atoms with E-state index < -0.39 is 0 Å². The van der Waals surface area contributed by atoms with E-state index in [0.29, 0.717) is 25.2 Å². The van der Waals surface area contributed by atoms with E-state index in [9.17, 15) is 9.59 Å². The summed E-state index contributed by atoms with van der Waals surface area (Å²) in [5, 5.41) is 0. The predicted molar refractivity (Wildman–Crippen MR) is 63.6 cm³/mol. The van der Waals surface area contributed by atoms with Crippen molar-refractivity contribution in [3.05, 3.63) is 0 Å². The molecule has 2 rings (SSSR count). The lowest BCUT2D eigenvalue weighted by Gasteiger charge is -2.34. The van der Waals surface area contributed by atoms with E-state index >= 15 is 0 Å². The van der Waals surface area contributed by atoms with Crippen molar-refractivity contribution in [2.45, 2.75) is 57.1 Å². The van der Waals surface area contributed by atoms with Gasteiger partial charge in [0.2, 0.25) is 0 Å². The summed E-state index contributed by atoms with van der Waals surface area (Å²) in [6, 6.07) is 0.228. The zero-order chi connectivity index (χ0) is 12.3. The highest BCUT2D eigenvalue weighted by Crippen LogP contribution is 2.22. The molecule has 0 aromatic heterocycles. The highest BCUT2D eigenvalue weighted by Gasteiger charge is 2.30. The van der Waals surface area contributed by atoms with Crippen LogP contribution in [0.25, 0.3) is 0 Å². The first-order chi connectivity index (χ1) is 8.18. The van der Waals surface area contributed by atoms with Gasteiger partial charge in [-0.15, -0.1) is 0 Å². The van der Waals surface area contributed by atoms with Crippen LogP contribution in [-0.2, 0) is 14.3 Å². The molecule has 1 amide bonds. The van der Waals surface area contributed by atoms with Gasteiger partial charge in [-0.25, -0.2) is 0 Å². The molecule has 1 heterocycles. The Morgan fingerprint density at radius 3 is 2.53 bits per heavy atom. The normalized spacial score (nSPS) is 26.9. The van der Waals surface area contributed by atoms with Crippen molar-refractivity contribution in [3.8, 4) is 0 Å². The lowest BCUT2D eigenvalue weighted by Crippen LogP contribution is -2.46. The first kappa shape index (κ1) is 12.6. The van der Waals surface area contributed by atoms with Crippen LogP contribution in [0.15, 0.2) is 0 Å². The van der Waals surface area contributed by atoms with Gasteiger partial charge in [0.05, 0.1) is 0 Å². The van der Waals surface area contributed by atoms with Crippen molar-refractivity contribution >= 4 is 11.7 Å². The zero-order valence-corrected chi connectivity index (χ0v) is 10.5. The molecular formula is C13H21NO3. The van der Waals surface area contributed by atoms with Crippen molar-refractivity contribution in [3.63, 3.8) is 0 Å². The van der Waals surface area contributed by atoms with E-state index in [4.69, 9.17) is 4.74 Å². The zero-order valence-electron chi connectivity index (χ0n) is 10.5. The van der Waals surface area contributed by atoms with Crippen LogP contribution in [0.4, 0.5) is 0 Å². The summed E-state index contributed by atoms with van der Waals surface area (Å²) in [6.07, 6.45) is 5.60. The second-order valence-electron chi connectivity index (χ2n) is 5.07. The van der Waals surface area contributed by atoms with E-state index in [2.05, 4.69) is 0 Å². The van der Waals surface area contributed by atoms with Gasteiger partial charge >= 0.3 is 0 Å². The number of ketones is 1. The quantitative estimate of drug-likeness (QED) is 0.734. The number of ether oxygens (including phenoxy) is 1. The summed E-state index contributed by atoms with van der Waals surface area (Å²) in [5.41, 5.74) is 0. The van der Waals surface area contributed by atoms with Crippen molar-refractivity contribution in [1.82, 2.24) is 4.90 Å². The highest BCUT2D eigenvalue weighted by atomic mass is 16.5. The molecule has 1 aliphatic carbocycles. The molecule has 0 radical (unpaired) electrons. The van der Waals surface area contributed by atoms with Crippen molar-refractivity contribution in [2.75, 3.05) is 13.7 Å². The summed E-state index contributed by atoms with van der Waals surface area (Å²) in [5.74, 6) is 0.431. The summed E-state index contributed by atoms with van der Waals surface area (Å²) in [4.78, 5) is 25.2. The van der Waals surface area contributed by atoms with Crippen molar-refractivity contribution in [1.29, 1.82) is 0 Å². The van der Waals surface area contributed by atoms with Gasteiger partial charge in [-0.1, -0.05) is 0 Å². The minimum absolute atomic E-state index is 0.101. The standard InChI is InChI=1S/C13H21NO3/c1-14(10-5-7-11(15)8-6-10)13(16)12-4-2-3-9-17-12/h10,12H,2-9H2,1H3. The molecule has 1 atom stereocenters. The number of carbonyl (C=O) groups excluding carboxylic acids is 2. The third-order valence-electron chi connectivity index (χ3n) is 3.86. The first-order valence-electron chi connectivity index (χ1n) is 6.58. The summed E-state index contributed by atoms with van der Waals surface area (Å²) < 4.78 is 5.51. The largest absolute Gasteiger partial charge is 0.368 e. The Labute approximate surface area is 102 Å². The molecule has 1 unspecified atom stereocenters. The van der Waals surface area contributed by atoms with Gasteiger partial charge in [-0.3, -0.25) is 9.59 Å². The molecule has 1 saturated carbocycles. The van der Waals surface area contributed by atoms with E-state index in [1.165, 1.54) is 0 Å². The molecule has 0 aromatic carbocycles. The topological polar surface area (TPSA) is 46.6 Å². The first-order valence-corrected chi connectivity index (χ1v) is 6.58. The van der Waals surface area contributed by atoms with Gasteiger partial charge in [-0.05, 0) is 32.1 Å². The maximum atomic E-state index is 12.2. The van der Waals surface area contributed by atoms with Gasteiger partial charge in [-0.2, -0.15) is 0 Å². The van der Waals surface area contributed by atoms with E-state index in [0.717, 1.165) is 32.1 Å². The highest BCUT2D eigenvalue weighted by molar-refractivity contribution is 5.82. The molecule has 4 heteroatoms. The Hall–Kier alpha value is -0.900. The number of hydrogen-bond acceptors (Lipinski definition) is 3. The van der Waals surface area contributed by atoms with Crippen molar-refractivity contribution in [2.24, 2.45) is 0 Å². The fourth-order valence-electron chi connectivity index (χ4n) is 2.65. The van der Waals surface area contributed by atoms with Gasteiger partial charge in [0.25, 0.3) is 5.91 Å². The minimum Gasteiger partial charge on any atom is -0.368 e. The minimum atomic E-state index is -0.244. The van der Waals surface area contributed by atoms with Crippen LogP contribution in [0.1, 0.15) is 44.9 Å². The van der Waals surface area contributed by atoms with Gasteiger partial charge in [0.1, 0.15) is 11.9 Å². The molecule has 4 nitrogen and oxygen atoms in total. The molecule has 1 aliphatic heterocycles. The SMILES string of the molecule is CN(C(=O)C1CCCCO1)C1CCC(=O)CC1. The number of rotatable bonds is 2. The number of Topliss-reactive ketones (excluding diaryl/α,β-unsaturated/α-hetero) is 1. The Morgan fingerprint density at radius 1 is 1.24 bits per heavy atom. The maximum absolute atomic E-state index is 12.2. The van der Waals surface area contributed by atoms with E-state index in [-0.39, 0.29) is 18.1 Å². The van der Waals surface area contributed by atoms with Crippen LogP contribution in [0.5, 0.6) is 0 Å². The second-order valence-corrected chi connectivity index (χ2v) is 5.07. The van der Waals surface area contributed by atoms with Gasteiger partial charge < -0.3 is 9.64 Å². The fraction of sp³-hybridized carbons (Fsp3) is 0.846. The molecule has 0 N–H and O–H groups in total. The Balaban J connectivity index is 1.87. The maximum Gasteiger partial charge on any atom is 0.251 e. The van der Waals surface area contributed by atoms with Crippen LogP contribution in [0, 0.1) is 0 Å². The lowest BCUT2D eigenvalue weighted by atomic mass is 9.93. The van der Waals surface area contributed by atoms with Gasteiger partial charge in [0, 0.05) is 32.5 Å². The third-order valence-corrected chi connectivity index (χ3v) is 3.86. The molecule has 2 fully saturated rings. The smallest absolute Gasteiger partial charge is 0.251 e. The fourth-order valence-corrected chi connectivity index (χ4v) is 2.65. The van der Waals surface area contributed by atoms with Crippen LogP contribution in [-0.4, -0.2) is 42.4 Å². The summed E-state index contributed by atoms with van der Waals surface area (Å²) in [6.45, 7) is 0.702. The molecule has 0 bridgehead atoms.